The molecule has 3 heteroatoms. The van der Waals surface area contributed by atoms with E-state index in [1.54, 1.807) is 0 Å². The highest BCUT2D eigenvalue weighted by Crippen LogP contribution is 2.40. The first-order chi connectivity index (χ1) is 11.9. The molecule has 1 aliphatic rings. The Labute approximate surface area is 153 Å². The standard InChI is InChI=1S/C22H33O3/c1-5-6-7-8-17-9-11-18(12-10-17)21(23)25-24-20-15-13-19(14-16-20)22(2,3)4/h9-12,19H,5-8,13-16H2,1-4H3. The van der Waals surface area contributed by atoms with Gasteiger partial charge in [0.2, 0.25) is 0 Å². The van der Waals surface area contributed by atoms with Gasteiger partial charge in [0.25, 0.3) is 0 Å². The highest BCUT2D eigenvalue weighted by atomic mass is 17.2. The van der Waals surface area contributed by atoms with Gasteiger partial charge in [0.05, 0.1) is 5.56 Å². The fraction of sp³-hybridized carbons (Fsp3) is 0.636. The van der Waals surface area contributed by atoms with Gasteiger partial charge in [0.15, 0.2) is 0 Å². The zero-order chi connectivity index (χ0) is 18.3. The maximum atomic E-state index is 12.1. The Bertz CT molecular complexity index is 519. The molecule has 1 aromatic rings. The lowest BCUT2D eigenvalue weighted by Gasteiger charge is -2.35. The minimum Gasteiger partial charge on any atom is -0.292 e. The van der Waals surface area contributed by atoms with E-state index < -0.39 is 5.97 Å². The van der Waals surface area contributed by atoms with Crippen molar-refractivity contribution in [3.8, 4) is 0 Å². The van der Waals surface area contributed by atoms with Crippen molar-refractivity contribution in [3.05, 3.63) is 41.5 Å². The lowest BCUT2D eigenvalue weighted by atomic mass is 9.72. The molecule has 2 rings (SSSR count). The molecular formula is C22H33O3. The van der Waals surface area contributed by atoms with E-state index >= 15 is 0 Å². The van der Waals surface area contributed by atoms with Crippen LogP contribution in [0.2, 0.25) is 0 Å². The first-order valence-electron chi connectivity index (χ1n) is 9.72. The zero-order valence-corrected chi connectivity index (χ0v) is 16.3. The summed E-state index contributed by atoms with van der Waals surface area (Å²) in [5.41, 5.74) is 2.14. The summed E-state index contributed by atoms with van der Waals surface area (Å²) in [5.74, 6) is 0.293. The summed E-state index contributed by atoms with van der Waals surface area (Å²) in [5, 5.41) is 0. The Morgan fingerprint density at radius 2 is 1.72 bits per heavy atom. The van der Waals surface area contributed by atoms with Gasteiger partial charge in [-0.1, -0.05) is 52.7 Å². The van der Waals surface area contributed by atoms with E-state index in [9.17, 15) is 4.79 Å². The minimum atomic E-state index is -0.412. The van der Waals surface area contributed by atoms with Crippen LogP contribution in [-0.2, 0) is 16.2 Å². The van der Waals surface area contributed by atoms with Gasteiger partial charge in [-0.2, -0.15) is 4.89 Å². The summed E-state index contributed by atoms with van der Waals surface area (Å²) >= 11 is 0. The molecule has 1 fully saturated rings. The van der Waals surface area contributed by atoms with Crippen molar-refractivity contribution in [2.75, 3.05) is 0 Å². The molecule has 1 radical (unpaired) electrons. The average molecular weight is 346 g/mol. The van der Waals surface area contributed by atoms with Crippen molar-refractivity contribution in [2.24, 2.45) is 11.3 Å². The molecule has 0 saturated heterocycles. The Morgan fingerprint density at radius 3 is 2.28 bits per heavy atom. The smallest absolute Gasteiger partial charge is 0.292 e. The molecule has 0 aliphatic heterocycles. The molecule has 0 aromatic heterocycles. The largest absolute Gasteiger partial charge is 0.373 e. The van der Waals surface area contributed by atoms with E-state index in [1.807, 2.05) is 24.3 Å². The lowest BCUT2D eigenvalue weighted by Crippen LogP contribution is -2.26. The van der Waals surface area contributed by atoms with Crippen LogP contribution in [0.5, 0.6) is 0 Å². The fourth-order valence-electron chi connectivity index (χ4n) is 3.42. The van der Waals surface area contributed by atoms with Gasteiger partial charge in [0, 0.05) is 0 Å². The number of carbonyl (C=O) groups excluding carboxylic acids is 1. The zero-order valence-electron chi connectivity index (χ0n) is 16.3. The van der Waals surface area contributed by atoms with Crippen LogP contribution in [0, 0.1) is 17.4 Å². The van der Waals surface area contributed by atoms with Gasteiger partial charge >= 0.3 is 5.97 Å². The predicted octanol–water partition coefficient (Wildman–Crippen LogP) is 6.28. The van der Waals surface area contributed by atoms with Crippen molar-refractivity contribution >= 4 is 5.97 Å². The second-order valence-corrected chi connectivity index (χ2v) is 8.29. The monoisotopic (exact) mass is 345 g/mol. The number of benzene rings is 1. The number of hydrogen-bond donors (Lipinski definition) is 0. The third kappa shape index (κ3) is 6.47. The van der Waals surface area contributed by atoms with Crippen LogP contribution in [-0.4, -0.2) is 5.97 Å². The molecule has 0 spiro atoms. The van der Waals surface area contributed by atoms with Gasteiger partial charge < -0.3 is 0 Å². The normalized spacial score (nSPS) is 16.8. The van der Waals surface area contributed by atoms with Crippen molar-refractivity contribution in [2.45, 2.75) is 79.1 Å². The summed E-state index contributed by atoms with van der Waals surface area (Å²) in [6.07, 6.45) is 9.57. The van der Waals surface area contributed by atoms with Crippen LogP contribution in [0.1, 0.15) is 88.6 Å². The first kappa shape index (κ1) is 20.0. The molecule has 25 heavy (non-hydrogen) atoms. The summed E-state index contributed by atoms with van der Waals surface area (Å²) in [7, 11) is 0. The van der Waals surface area contributed by atoms with Gasteiger partial charge in [-0.3, -0.25) is 4.89 Å². The van der Waals surface area contributed by atoms with Crippen LogP contribution in [0.25, 0.3) is 0 Å². The third-order valence-electron chi connectivity index (χ3n) is 5.26. The van der Waals surface area contributed by atoms with Crippen LogP contribution < -0.4 is 0 Å². The molecule has 1 aromatic carbocycles. The third-order valence-corrected chi connectivity index (χ3v) is 5.26. The highest BCUT2D eigenvalue weighted by molar-refractivity contribution is 5.88. The Kier molecular flexibility index (Phi) is 7.49. The summed E-state index contributed by atoms with van der Waals surface area (Å²) in [4.78, 5) is 22.5. The van der Waals surface area contributed by atoms with Crippen molar-refractivity contribution in [1.29, 1.82) is 0 Å². The summed E-state index contributed by atoms with van der Waals surface area (Å²) in [6.45, 7) is 9.06. The quantitative estimate of drug-likeness (QED) is 0.331. The Hall–Kier alpha value is -1.35. The van der Waals surface area contributed by atoms with Crippen molar-refractivity contribution < 1.29 is 14.6 Å². The molecule has 0 unspecified atom stereocenters. The van der Waals surface area contributed by atoms with Gasteiger partial charge in [-0.15, -0.1) is 0 Å². The molecule has 0 heterocycles. The number of unbranched alkanes of at least 4 members (excludes halogenated alkanes) is 2. The molecule has 1 saturated carbocycles. The molecule has 0 bridgehead atoms. The van der Waals surface area contributed by atoms with Crippen LogP contribution >= 0.6 is 0 Å². The van der Waals surface area contributed by atoms with Crippen molar-refractivity contribution in [3.63, 3.8) is 0 Å². The lowest BCUT2D eigenvalue weighted by molar-refractivity contribution is -0.241. The Balaban J connectivity index is 1.73. The second kappa shape index (κ2) is 9.38. The van der Waals surface area contributed by atoms with E-state index in [2.05, 4.69) is 27.7 Å². The number of hydrogen-bond acceptors (Lipinski definition) is 3. The topological polar surface area (TPSA) is 35.5 Å². The molecule has 3 nitrogen and oxygen atoms in total. The maximum Gasteiger partial charge on any atom is 0.373 e. The molecule has 0 N–H and O–H groups in total. The minimum absolute atomic E-state index is 0.334. The van der Waals surface area contributed by atoms with E-state index in [1.165, 1.54) is 24.8 Å². The highest BCUT2D eigenvalue weighted by Gasteiger charge is 2.31. The Morgan fingerprint density at radius 1 is 1.08 bits per heavy atom. The summed E-state index contributed by atoms with van der Waals surface area (Å²) < 4.78 is 0. The second-order valence-electron chi connectivity index (χ2n) is 8.29. The molecule has 1 aliphatic carbocycles. The SMILES string of the molecule is CCCCCc1ccc(C(=O)OO[C]2CCC(C(C)(C)C)CC2)cc1. The predicted molar refractivity (Wildman–Crippen MR) is 101 cm³/mol. The fourth-order valence-corrected chi connectivity index (χ4v) is 3.42. The van der Waals surface area contributed by atoms with Crippen LogP contribution in [0.15, 0.2) is 24.3 Å². The molecular weight excluding hydrogens is 312 g/mol. The number of aryl methyl sites for hydroxylation is 1. The van der Waals surface area contributed by atoms with E-state index in [-0.39, 0.29) is 0 Å². The van der Waals surface area contributed by atoms with Crippen molar-refractivity contribution in [1.82, 2.24) is 0 Å². The van der Waals surface area contributed by atoms with Gasteiger partial charge in [-0.25, -0.2) is 4.79 Å². The van der Waals surface area contributed by atoms with E-state index in [4.69, 9.17) is 9.78 Å². The van der Waals surface area contributed by atoms with Crippen LogP contribution in [0.4, 0.5) is 0 Å². The average Bonchev–Trinajstić information content (AvgIpc) is 2.60. The number of rotatable bonds is 7. The van der Waals surface area contributed by atoms with Gasteiger partial charge in [0.1, 0.15) is 6.10 Å². The summed E-state index contributed by atoms with van der Waals surface area (Å²) in [6, 6.07) is 7.67. The first-order valence-corrected chi connectivity index (χ1v) is 9.72. The maximum absolute atomic E-state index is 12.1. The number of carbonyl (C=O) groups is 1. The van der Waals surface area contributed by atoms with E-state index in [0.717, 1.165) is 38.2 Å². The molecule has 0 amide bonds. The van der Waals surface area contributed by atoms with Gasteiger partial charge in [-0.05, 0) is 67.6 Å². The van der Waals surface area contributed by atoms with Crippen LogP contribution in [0.3, 0.4) is 0 Å². The van der Waals surface area contributed by atoms with E-state index in [0.29, 0.717) is 16.9 Å². The molecule has 0 atom stereocenters. The molecule has 139 valence electrons.